The average molecular weight is 300 g/mol. The van der Waals surface area contributed by atoms with Gasteiger partial charge in [-0.3, -0.25) is 14.5 Å². The molecular formula is C14H15F3N2O2. The predicted molar refractivity (Wildman–Crippen MR) is 70.1 cm³/mol. The summed E-state index contributed by atoms with van der Waals surface area (Å²) in [5.41, 5.74) is -1.34. The van der Waals surface area contributed by atoms with Crippen LogP contribution < -0.4 is 10.2 Å². The minimum atomic E-state index is -1.61. The van der Waals surface area contributed by atoms with Gasteiger partial charge in [-0.1, -0.05) is 6.92 Å². The zero-order valence-electron chi connectivity index (χ0n) is 11.8. The molecule has 2 atom stereocenters. The maximum atomic E-state index is 13.4. The topological polar surface area (TPSA) is 49.4 Å². The van der Waals surface area contributed by atoms with Gasteiger partial charge in [0.05, 0.1) is 5.69 Å². The molecule has 2 rings (SSSR count). The standard InChI is InChI=1S/C14H15F3N2O2/c1-4-14(3)13(21)19(7(2)12(20)18-14)8-5-9(15)11(17)10(16)6-8/h5-7H,4H2,1-3H3,(H,18,20). The van der Waals surface area contributed by atoms with Crippen molar-refractivity contribution in [1.29, 1.82) is 0 Å². The van der Waals surface area contributed by atoms with Crippen LogP contribution in [0.2, 0.25) is 0 Å². The van der Waals surface area contributed by atoms with Gasteiger partial charge in [-0.05, 0) is 20.3 Å². The van der Waals surface area contributed by atoms with Crippen LogP contribution in [-0.4, -0.2) is 23.4 Å². The molecule has 0 saturated carbocycles. The van der Waals surface area contributed by atoms with E-state index in [1.54, 1.807) is 6.92 Å². The van der Waals surface area contributed by atoms with E-state index in [-0.39, 0.29) is 5.69 Å². The Bertz CT molecular complexity index is 597. The molecule has 1 aliphatic heterocycles. The van der Waals surface area contributed by atoms with Crippen molar-refractivity contribution in [1.82, 2.24) is 5.32 Å². The van der Waals surface area contributed by atoms with Gasteiger partial charge in [0.2, 0.25) is 5.91 Å². The molecule has 0 aromatic heterocycles. The van der Waals surface area contributed by atoms with Gasteiger partial charge in [0.1, 0.15) is 11.6 Å². The number of hydrogen-bond donors (Lipinski definition) is 1. The van der Waals surface area contributed by atoms with E-state index in [4.69, 9.17) is 0 Å². The Morgan fingerprint density at radius 2 is 1.76 bits per heavy atom. The molecule has 0 bridgehead atoms. The van der Waals surface area contributed by atoms with Crippen LogP contribution in [-0.2, 0) is 9.59 Å². The number of piperazine rings is 1. The third kappa shape index (κ3) is 2.36. The smallest absolute Gasteiger partial charge is 0.253 e. The van der Waals surface area contributed by atoms with E-state index in [0.29, 0.717) is 18.6 Å². The van der Waals surface area contributed by atoms with Gasteiger partial charge in [0.15, 0.2) is 17.5 Å². The maximum Gasteiger partial charge on any atom is 0.253 e. The highest BCUT2D eigenvalue weighted by molar-refractivity contribution is 6.10. The summed E-state index contributed by atoms with van der Waals surface area (Å²) in [6.45, 7) is 4.67. The molecule has 0 radical (unpaired) electrons. The van der Waals surface area contributed by atoms with Gasteiger partial charge in [0.25, 0.3) is 5.91 Å². The first-order valence-corrected chi connectivity index (χ1v) is 6.51. The fourth-order valence-electron chi connectivity index (χ4n) is 2.25. The van der Waals surface area contributed by atoms with Crippen LogP contribution in [0.15, 0.2) is 12.1 Å². The highest BCUT2D eigenvalue weighted by atomic mass is 19.2. The Labute approximate surface area is 119 Å². The van der Waals surface area contributed by atoms with Crippen LogP contribution in [0.4, 0.5) is 18.9 Å². The van der Waals surface area contributed by atoms with Crippen molar-refractivity contribution in [3.05, 3.63) is 29.6 Å². The van der Waals surface area contributed by atoms with Crippen LogP contribution in [0.1, 0.15) is 27.2 Å². The van der Waals surface area contributed by atoms with Gasteiger partial charge in [-0.15, -0.1) is 0 Å². The molecule has 0 aliphatic carbocycles. The first kappa shape index (κ1) is 15.3. The van der Waals surface area contributed by atoms with Crippen LogP contribution in [0.5, 0.6) is 0 Å². The number of amides is 2. The van der Waals surface area contributed by atoms with Crippen molar-refractivity contribution in [3.8, 4) is 0 Å². The summed E-state index contributed by atoms with van der Waals surface area (Å²) < 4.78 is 39.8. The Balaban J connectivity index is 2.54. The minimum Gasteiger partial charge on any atom is -0.340 e. The predicted octanol–water partition coefficient (Wildman–Crippen LogP) is 2.12. The molecule has 1 N–H and O–H groups in total. The van der Waals surface area contributed by atoms with Crippen molar-refractivity contribution in [2.75, 3.05) is 4.90 Å². The fourth-order valence-corrected chi connectivity index (χ4v) is 2.25. The third-order valence-electron chi connectivity index (χ3n) is 3.81. The third-order valence-corrected chi connectivity index (χ3v) is 3.81. The molecular weight excluding hydrogens is 285 g/mol. The number of carbonyl (C=O) groups excluding carboxylic acids is 2. The summed E-state index contributed by atoms with van der Waals surface area (Å²) in [7, 11) is 0. The summed E-state index contributed by atoms with van der Waals surface area (Å²) in [5.74, 6) is -5.37. The van der Waals surface area contributed by atoms with E-state index in [1.165, 1.54) is 13.8 Å². The van der Waals surface area contributed by atoms with Crippen LogP contribution in [0, 0.1) is 17.5 Å². The number of rotatable bonds is 2. The number of hydrogen-bond acceptors (Lipinski definition) is 2. The number of anilines is 1. The van der Waals surface area contributed by atoms with Crippen molar-refractivity contribution < 1.29 is 22.8 Å². The Morgan fingerprint density at radius 3 is 2.24 bits per heavy atom. The SMILES string of the molecule is CCC1(C)NC(=O)C(C)N(c2cc(F)c(F)c(F)c2)C1=O. The zero-order valence-corrected chi connectivity index (χ0v) is 11.8. The maximum absolute atomic E-state index is 13.4. The van der Waals surface area contributed by atoms with Gasteiger partial charge in [-0.2, -0.15) is 0 Å². The lowest BCUT2D eigenvalue weighted by atomic mass is 9.91. The molecule has 1 fully saturated rings. The lowest BCUT2D eigenvalue weighted by molar-refractivity contribution is -0.137. The zero-order chi connectivity index (χ0) is 15.9. The summed E-state index contributed by atoms with van der Waals surface area (Å²) in [5, 5.41) is 2.59. The van der Waals surface area contributed by atoms with Gasteiger partial charge in [-0.25, -0.2) is 13.2 Å². The van der Waals surface area contributed by atoms with E-state index in [1.807, 2.05) is 0 Å². The van der Waals surface area contributed by atoms with Gasteiger partial charge >= 0.3 is 0 Å². The van der Waals surface area contributed by atoms with Crippen molar-refractivity contribution in [3.63, 3.8) is 0 Å². The molecule has 1 saturated heterocycles. The molecule has 1 aromatic rings. The van der Waals surface area contributed by atoms with Crippen molar-refractivity contribution >= 4 is 17.5 Å². The van der Waals surface area contributed by atoms with E-state index in [2.05, 4.69) is 5.32 Å². The Hall–Kier alpha value is -2.05. The second kappa shape index (κ2) is 5.05. The highest BCUT2D eigenvalue weighted by Crippen LogP contribution is 2.29. The normalized spacial score (nSPS) is 26.0. The summed E-state index contributed by atoms with van der Waals surface area (Å²) in [6.07, 6.45) is 0.312. The quantitative estimate of drug-likeness (QED) is 0.851. The molecule has 21 heavy (non-hydrogen) atoms. The molecule has 2 amide bonds. The molecule has 1 heterocycles. The molecule has 114 valence electrons. The molecule has 1 aromatic carbocycles. The van der Waals surface area contributed by atoms with Crippen LogP contribution in [0.3, 0.4) is 0 Å². The lowest BCUT2D eigenvalue weighted by Crippen LogP contribution is -2.68. The average Bonchev–Trinajstić information content (AvgIpc) is 2.43. The minimum absolute atomic E-state index is 0.182. The van der Waals surface area contributed by atoms with E-state index in [0.717, 1.165) is 4.90 Å². The molecule has 1 aliphatic rings. The number of carbonyl (C=O) groups is 2. The number of nitrogens with one attached hydrogen (secondary N) is 1. The summed E-state index contributed by atoms with van der Waals surface area (Å²) >= 11 is 0. The summed E-state index contributed by atoms with van der Waals surface area (Å²) in [4.78, 5) is 25.5. The fraction of sp³-hybridized carbons (Fsp3) is 0.429. The van der Waals surface area contributed by atoms with E-state index >= 15 is 0 Å². The largest absolute Gasteiger partial charge is 0.340 e. The summed E-state index contributed by atoms with van der Waals surface area (Å²) in [6, 6.07) is 0.476. The highest BCUT2D eigenvalue weighted by Gasteiger charge is 2.46. The second-order valence-electron chi connectivity index (χ2n) is 5.25. The molecule has 2 unspecified atom stereocenters. The first-order chi connectivity index (χ1) is 9.71. The van der Waals surface area contributed by atoms with Crippen molar-refractivity contribution in [2.24, 2.45) is 0 Å². The number of halogens is 3. The second-order valence-corrected chi connectivity index (χ2v) is 5.25. The van der Waals surface area contributed by atoms with Crippen LogP contribution >= 0.6 is 0 Å². The van der Waals surface area contributed by atoms with E-state index in [9.17, 15) is 22.8 Å². The van der Waals surface area contributed by atoms with E-state index < -0.39 is 40.8 Å². The number of nitrogens with zero attached hydrogens (tertiary/aromatic N) is 1. The van der Waals surface area contributed by atoms with Crippen LogP contribution in [0.25, 0.3) is 0 Å². The molecule has 0 spiro atoms. The molecule has 4 nitrogen and oxygen atoms in total. The molecule has 7 heteroatoms. The Morgan fingerprint density at radius 1 is 1.24 bits per heavy atom. The van der Waals surface area contributed by atoms with Crippen molar-refractivity contribution in [2.45, 2.75) is 38.8 Å². The monoisotopic (exact) mass is 300 g/mol. The Kier molecular flexibility index (Phi) is 3.69. The number of benzene rings is 1. The van der Waals surface area contributed by atoms with Gasteiger partial charge < -0.3 is 5.32 Å². The van der Waals surface area contributed by atoms with Gasteiger partial charge in [0, 0.05) is 12.1 Å². The lowest BCUT2D eigenvalue weighted by Gasteiger charge is -2.42. The first-order valence-electron chi connectivity index (χ1n) is 6.51.